The van der Waals surface area contributed by atoms with Crippen LogP contribution in [0, 0.1) is 0 Å². The first kappa shape index (κ1) is 14.3. The van der Waals surface area contributed by atoms with E-state index < -0.39 is 24.7 Å². The first-order valence-corrected chi connectivity index (χ1v) is 4.99. The Bertz CT molecular complexity index is 403. The van der Waals surface area contributed by atoms with Gasteiger partial charge in [-0.3, -0.25) is 4.79 Å². The predicted octanol–water partition coefficient (Wildman–Crippen LogP) is 1.41. The number of methoxy groups -OCH3 is 1. The minimum Gasteiger partial charge on any atom is -0.497 e. The van der Waals surface area contributed by atoms with Gasteiger partial charge in [0, 0.05) is 0 Å². The normalized spacial score (nSPS) is 12.9. The van der Waals surface area contributed by atoms with Crippen LogP contribution in [0.2, 0.25) is 0 Å². The van der Waals surface area contributed by atoms with E-state index in [4.69, 9.17) is 9.84 Å². The number of aliphatic hydroxyl groups is 1. The molecule has 0 spiro atoms. The van der Waals surface area contributed by atoms with Gasteiger partial charge in [-0.05, 0) is 17.7 Å². The molecule has 0 saturated carbocycles. The average molecular weight is 263 g/mol. The number of rotatable bonds is 4. The Hall–Kier alpha value is -1.76. The molecule has 100 valence electrons. The van der Waals surface area contributed by atoms with Gasteiger partial charge in [0.2, 0.25) is 5.91 Å². The molecular formula is C11H12F3NO3. The van der Waals surface area contributed by atoms with Crippen LogP contribution < -0.4 is 10.1 Å². The molecule has 1 aromatic carbocycles. The fourth-order valence-electron chi connectivity index (χ4n) is 1.36. The van der Waals surface area contributed by atoms with Crippen LogP contribution in [0.1, 0.15) is 11.6 Å². The molecule has 18 heavy (non-hydrogen) atoms. The molecular weight excluding hydrogens is 251 g/mol. The van der Waals surface area contributed by atoms with Crippen molar-refractivity contribution in [1.29, 1.82) is 0 Å². The molecule has 1 aromatic rings. The van der Waals surface area contributed by atoms with E-state index in [2.05, 4.69) is 0 Å². The van der Waals surface area contributed by atoms with Gasteiger partial charge in [-0.2, -0.15) is 13.2 Å². The Morgan fingerprint density at radius 2 is 1.94 bits per heavy atom. The zero-order valence-corrected chi connectivity index (χ0v) is 9.49. The maximum Gasteiger partial charge on any atom is 0.412 e. The Kier molecular flexibility index (Phi) is 4.55. The van der Waals surface area contributed by atoms with Crippen LogP contribution in [-0.2, 0) is 4.79 Å². The molecule has 7 heteroatoms. The number of halogens is 3. The summed E-state index contributed by atoms with van der Waals surface area (Å²) < 4.78 is 43.1. The van der Waals surface area contributed by atoms with Crippen molar-refractivity contribution >= 4 is 5.91 Å². The Balaban J connectivity index is 2.98. The number of alkyl halides is 3. The molecule has 0 fully saturated rings. The topological polar surface area (TPSA) is 58.6 Å². The van der Waals surface area contributed by atoms with E-state index in [1.54, 1.807) is 5.32 Å². The van der Waals surface area contributed by atoms with Crippen LogP contribution in [0.4, 0.5) is 13.2 Å². The number of hydrogen-bond acceptors (Lipinski definition) is 3. The maximum absolute atomic E-state index is 12.8. The molecule has 0 radical (unpaired) electrons. The zero-order valence-electron chi connectivity index (χ0n) is 9.49. The van der Waals surface area contributed by atoms with Crippen molar-refractivity contribution < 1.29 is 27.8 Å². The van der Waals surface area contributed by atoms with E-state index in [9.17, 15) is 18.0 Å². The van der Waals surface area contributed by atoms with Crippen LogP contribution in [0.3, 0.4) is 0 Å². The minimum atomic E-state index is -4.64. The van der Waals surface area contributed by atoms with Gasteiger partial charge in [-0.15, -0.1) is 0 Å². The molecule has 1 atom stereocenters. The van der Waals surface area contributed by atoms with Crippen molar-refractivity contribution in [2.75, 3.05) is 13.7 Å². The monoisotopic (exact) mass is 263 g/mol. The third kappa shape index (κ3) is 3.63. The molecule has 0 aliphatic carbocycles. The number of amides is 1. The molecule has 0 saturated heterocycles. The van der Waals surface area contributed by atoms with Crippen molar-refractivity contribution in [2.45, 2.75) is 12.2 Å². The number of benzene rings is 1. The number of nitrogens with one attached hydrogen (secondary N) is 1. The first-order chi connectivity index (χ1) is 8.38. The van der Waals surface area contributed by atoms with Gasteiger partial charge in [0.15, 0.2) is 6.04 Å². The predicted molar refractivity (Wildman–Crippen MR) is 57.0 cm³/mol. The fourth-order valence-corrected chi connectivity index (χ4v) is 1.36. The second kappa shape index (κ2) is 5.72. The van der Waals surface area contributed by atoms with Crippen molar-refractivity contribution in [3.8, 4) is 5.75 Å². The summed E-state index contributed by atoms with van der Waals surface area (Å²) in [6.07, 6.45) is -4.64. The maximum atomic E-state index is 12.8. The molecule has 0 aromatic heterocycles. The minimum absolute atomic E-state index is 0.134. The third-order valence-electron chi connectivity index (χ3n) is 2.23. The number of carbonyl (C=O) groups excluding carboxylic acids is 1. The number of aliphatic hydroxyl groups excluding tert-OH is 1. The molecule has 1 amide bonds. The van der Waals surface area contributed by atoms with Gasteiger partial charge in [0.25, 0.3) is 0 Å². The lowest BCUT2D eigenvalue weighted by atomic mass is 10.1. The van der Waals surface area contributed by atoms with Gasteiger partial charge < -0.3 is 15.2 Å². The Labute approximate surface area is 101 Å². The third-order valence-corrected chi connectivity index (χ3v) is 2.23. The summed E-state index contributed by atoms with van der Waals surface area (Å²) in [5.74, 6) is -0.679. The summed E-state index contributed by atoms with van der Waals surface area (Å²) in [7, 11) is 1.39. The smallest absolute Gasteiger partial charge is 0.412 e. The fraction of sp³-hybridized carbons (Fsp3) is 0.364. The van der Waals surface area contributed by atoms with Gasteiger partial charge in [-0.25, -0.2) is 0 Å². The highest BCUT2D eigenvalue weighted by Crippen LogP contribution is 2.33. The molecule has 1 rings (SSSR count). The van der Waals surface area contributed by atoms with Crippen molar-refractivity contribution in [1.82, 2.24) is 5.32 Å². The molecule has 4 nitrogen and oxygen atoms in total. The summed E-state index contributed by atoms with van der Waals surface area (Å²) in [4.78, 5) is 10.9. The van der Waals surface area contributed by atoms with Crippen LogP contribution >= 0.6 is 0 Å². The highest BCUT2D eigenvalue weighted by molar-refractivity contribution is 5.77. The molecule has 0 aliphatic rings. The quantitative estimate of drug-likeness (QED) is 0.863. The van der Waals surface area contributed by atoms with Gasteiger partial charge >= 0.3 is 6.18 Å². The van der Waals surface area contributed by atoms with Crippen molar-refractivity contribution in [3.05, 3.63) is 29.8 Å². The molecule has 0 unspecified atom stereocenters. The van der Waals surface area contributed by atoms with Crippen LogP contribution in [0.5, 0.6) is 5.75 Å². The second-order valence-corrected chi connectivity index (χ2v) is 3.47. The van der Waals surface area contributed by atoms with E-state index in [1.165, 1.54) is 31.4 Å². The summed E-state index contributed by atoms with van der Waals surface area (Å²) in [6.45, 7) is -0.997. The first-order valence-electron chi connectivity index (χ1n) is 4.99. The van der Waals surface area contributed by atoms with E-state index in [0.29, 0.717) is 5.75 Å². The van der Waals surface area contributed by atoms with E-state index in [1.807, 2.05) is 0 Å². The number of carbonyl (C=O) groups is 1. The standard InChI is InChI=1S/C11H12F3NO3/c1-18-8-4-2-7(3-5-8)10(11(12,13)14)15-9(17)6-16/h2-5,10,16H,6H2,1H3,(H,15,17)/t10-/m1/s1. The highest BCUT2D eigenvalue weighted by atomic mass is 19.4. The Morgan fingerprint density at radius 1 is 1.39 bits per heavy atom. The Morgan fingerprint density at radius 3 is 2.33 bits per heavy atom. The molecule has 0 bridgehead atoms. The second-order valence-electron chi connectivity index (χ2n) is 3.47. The lowest BCUT2D eigenvalue weighted by Gasteiger charge is -2.21. The summed E-state index contributed by atoms with van der Waals surface area (Å²) in [5, 5.41) is 10.2. The molecule has 2 N–H and O–H groups in total. The summed E-state index contributed by atoms with van der Waals surface area (Å²) in [5.41, 5.74) is -0.134. The number of hydrogen-bond donors (Lipinski definition) is 2. The summed E-state index contributed by atoms with van der Waals surface area (Å²) >= 11 is 0. The number of ether oxygens (including phenoxy) is 1. The van der Waals surface area contributed by atoms with Crippen LogP contribution in [0.15, 0.2) is 24.3 Å². The van der Waals surface area contributed by atoms with Gasteiger partial charge in [0.1, 0.15) is 12.4 Å². The molecule has 0 aliphatic heterocycles. The van der Waals surface area contributed by atoms with Crippen molar-refractivity contribution in [3.63, 3.8) is 0 Å². The van der Waals surface area contributed by atoms with Gasteiger partial charge in [0.05, 0.1) is 7.11 Å². The van der Waals surface area contributed by atoms with E-state index >= 15 is 0 Å². The van der Waals surface area contributed by atoms with Crippen LogP contribution in [-0.4, -0.2) is 30.9 Å². The lowest BCUT2D eigenvalue weighted by molar-refractivity contribution is -0.164. The average Bonchev–Trinajstić information content (AvgIpc) is 2.34. The summed E-state index contributed by atoms with van der Waals surface area (Å²) in [6, 6.07) is 2.98. The molecule has 0 heterocycles. The largest absolute Gasteiger partial charge is 0.497 e. The van der Waals surface area contributed by atoms with Crippen molar-refractivity contribution in [2.24, 2.45) is 0 Å². The SMILES string of the molecule is COc1ccc([C@@H](NC(=O)CO)C(F)(F)F)cc1. The van der Waals surface area contributed by atoms with E-state index in [0.717, 1.165) is 0 Å². The van der Waals surface area contributed by atoms with Gasteiger partial charge in [-0.1, -0.05) is 12.1 Å². The van der Waals surface area contributed by atoms with E-state index in [-0.39, 0.29) is 5.56 Å². The van der Waals surface area contributed by atoms with Crippen LogP contribution in [0.25, 0.3) is 0 Å². The zero-order chi connectivity index (χ0) is 13.8. The lowest BCUT2D eigenvalue weighted by Crippen LogP contribution is -2.39. The highest BCUT2D eigenvalue weighted by Gasteiger charge is 2.41.